The van der Waals surface area contributed by atoms with Gasteiger partial charge in [-0.3, -0.25) is 6.07 Å². The van der Waals surface area contributed by atoms with Crippen LogP contribution in [0.25, 0.3) is 0 Å². The first-order valence-electron chi connectivity index (χ1n) is 3.77. The summed E-state index contributed by atoms with van der Waals surface area (Å²) in [6.07, 6.45) is 2.68. The molecule has 0 unspecified atom stereocenters. The largest absolute Gasteiger partial charge is 2.00 e. The number of hydrogen-bond donors (Lipinski definition) is 0. The van der Waals surface area contributed by atoms with E-state index in [1.165, 1.54) is 0 Å². The number of nitrogens with zero attached hydrogens (tertiary/aromatic N) is 1. The number of para-hydroxylation sites is 1. The van der Waals surface area contributed by atoms with Gasteiger partial charge in [-0.2, -0.15) is 24.4 Å². The summed E-state index contributed by atoms with van der Waals surface area (Å²) in [5, 5.41) is 0. The first-order chi connectivity index (χ1) is 5.43. The van der Waals surface area contributed by atoms with E-state index in [1.807, 2.05) is 38.1 Å². The van der Waals surface area contributed by atoms with Crippen LogP contribution in [0.1, 0.15) is 20.8 Å². The quantitative estimate of drug-likeness (QED) is 0.554. The smallest absolute Gasteiger partial charge is 0.482 e. The van der Waals surface area contributed by atoms with E-state index in [4.69, 9.17) is 0 Å². The van der Waals surface area contributed by atoms with E-state index in [0.717, 1.165) is 5.69 Å². The molecule has 0 amide bonds. The van der Waals surface area contributed by atoms with Crippen molar-refractivity contribution >= 4 is 11.9 Å². The molecule has 1 nitrogen and oxygen atoms in total. The molecule has 2 heteroatoms. The van der Waals surface area contributed by atoms with E-state index in [2.05, 4.69) is 17.3 Å². The third-order valence-electron chi connectivity index (χ3n) is 0.925. The van der Waals surface area contributed by atoms with Gasteiger partial charge in [0.2, 0.25) is 0 Å². The Hall–Kier alpha value is -0.422. The molecule has 1 rings (SSSR count). The molecule has 0 saturated carbocycles. The molecule has 1 aromatic rings. The maximum absolute atomic E-state index is 3.90. The summed E-state index contributed by atoms with van der Waals surface area (Å²) < 4.78 is 0. The summed E-state index contributed by atoms with van der Waals surface area (Å²) in [4.78, 5) is 3.90. The average Bonchev–Trinajstić information content (AvgIpc) is 2.11. The van der Waals surface area contributed by atoms with Crippen LogP contribution in [-0.2, 0) is 21.1 Å². The Morgan fingerprint density at radius 3 is 2.42 bits per heavy atom. The van der Waals surface area contributed by atoms with Gasteiger partial charge < -0.3 is 4.99 Å². The van der Waals surface area contributed by atoms with E-state index >= 15 is 0 Å². The molecule has 0 saturated heterocycles. The zero-order valence-electron chi connectivity index (χ0n) is 7.66. The molecule has 12 heavy (non-hydrogen) atoms. The van der Waals surface area contributed by atoms with Crippen molar-refractivity contribution in [2.24, 2.45) is 4.99 Å². The second-order valence-electron chi connectivity index (χ2n) is 1.58. The predicted octanol–water partition coefficient (Wildman–Crippen LogP) is 3.11. The number of aliphatic imine (C=N–C) groups is 1. The normalized spacial score (nSPS) is 8.25. The fourth-order valence-corrected chi connectivity index (χ4v) is 0.574. The summed E-state index contributed by atoms with van der Waals surface area (Å²) >= 11 is 0. The molecule has 1 aromatic carbocycles. The van der Waals surface area contributed by atoms with Crippen molar-refractivity contribution in [3.8, 4) is 0 Å². The maximum atomic E-state index is 3.90. The topological polar surface area (TPSA) is 12.4 Å². The van der Waals surface area contributed by atoms with Crippen LogP contribution in [0.5, 0.6) is 0 Å². The minimum Gasteiger partial charge on any atom is -0.482 e. The van der Waals surface area contributed by atoms with Crippen molar-refractivity contribution in [3.63, 3.8) is 0 Å². The van der Waals surface area contributed by atoms with E-state index < -0.39 is 0 Å². The second-order valence-corrected chi connectivity index (χ2v) is 1.58. The Labute approximate surface area is 89.2 Å². The fraction of sp³-hybridized carbons (Fsp3) is 0.300. The maximum Gasteiger partial charge on any atom is 2.00 e. The summed E-state index contributed by atoms with van der Waals surface area (Å²) in [7, 11) is 0. The first-order valence-corrected chi connectivity index (χ1v) is 3.77. The van der Waals surface area contributed by atoms with Gasteiger partial charge in [0.15, 0.2) is 0 Å². The molecule has 64 valence electrons. The number of rotatable bonds is 1. The molecule has 0 aliphatic carbocycles. The zero-order valence-corrected chi connectivity index (χ0v) is 10.6. The van der Waals surface area contributed by atoms with Crippen LogP contribution in [0.2, 0.25) is 0 Å². The number of benzene rings is 1. The average molecular weight is 331 g/mol. The van der Waals surface area contributed by atoms with Crippen LogP contribution < -0.4 is 0 Å². The SMILES string of the molecule is CC.C[C-]=Nc1[c-]cccc1.[W+2]. The van der Waals surface area contributed by atoms with Gasteiger partial charge >= 0.3 is 21.1 Å². The van der Waals surface area contributed by atoms with Crippen LogP contribution >= 0.6 is 0 Å². The summed E-state index contributed by atoms with van der Waals surface area (Å²) in [6.45, 7) is 5.76. The Bertz CT molecular complexity index is 194. The van der Waals surface area contributed by atoms with Gasteiger partial charge in [-0.15, -0.1) is 6.92 Å². The van der Waals surface area contributed by atoms with Gasteiger partial charge in [-0.05, 0) is 0 Å². The van der Waals surface area contributed by atoms with Crippen LogP contribution in [0.15, 0.2) is 29.3 Å². The van der Waals surface area contributed by atoms with Crippen molar-refractivity contribution in [2.45, 2.75) is 20.8 Å². The van der Waals surface area contributed by atoms with Crippen LogP contribution in [-0.4, -0.2) is 6.21 Å². The van der Waals surface area contributed by atoms with E-state index in [9.17, 15) is 0 Å². The van der Waals surface area contributed by atoms with Gasteiger partial charge in [-0.1, -0.05) is 13.8 Å². The van der Waals surface area contributed by atoms with Crippen LogP contribution in [0.3, 0.4) is 0 Å². The molecule has 0 spiro atoms. The third-order valence-corrected chi connectivity index (χ3v) is 0.925. The van der Waals surface area contributed by atoms with Crippen molar-refractivity contribution in [1.82, 2.24) is 0 Å². The molecule has 0 bridgehead atoms. The van der Waals surface area contributed by atoms with Gasteiger partial charge in [0, 0.05) is 0 Å². The summed E-state index contributed by atoms with van der Waals surface area (Å²) in [5.41, 5.74) is 0.833. The van der Waals surface area contributed by atoms with Gasteiger partial charge in [0.25, 0.3) is 0 Å². The van der Waals surface area contributed by atoms with Crippen molar-refractivity contribution < 1.29 is 21.1 Å². The van der Waals surface area contributed by atoms with Crippen molar-refractivity contribution in [3.05, 3.63) is 30.3 Å². The van der Waals surface area contributed by atoms with Gasteiger partial charge in [0.05, 0.1) is 0 Å². The Kier molecular flexibility index (Phi) is 12.4. The standard InChI is InChI=1S/C8H7N.C2H6.W/c1-2-9-8-6-4-3-5-7-8;1-2;/h3-6H,1H3;1-2H3;/q-2;;+2. The molecule has 0 atom stereocenters. The van der Waals surface area contributed by atoms with Crippen molar-refractivity contribution in [2.75, 3.05) is 0 Å². The van der Waals surface area contributed by atoms with E-state index in [0.29, 0.717) is 0 Å². The number of hydrogen-bond acceptors (Lipinski definition) is 1. The minimum absolute atomic E-state index is 0. The van der Waals surface area contributed by atoms with Gasteiger partial charge in [0.1, 0.15) is 0 Å². The third kappa shape index (κ3) is 6.30. The van der Waals surface area contributed by atoms with E-state index in [1.54, 1.807) is 6.92 Å². The van der Waals surface area contributed by atoms with Crippen molar-refractivity contribution in [1.29, 1.82) is 0 Å². The molecule has 0 N–H and O–H groups in total. The first kappa shape index (κ1) is 14.1. The van der Waals surface area contributed by atoms with Gasteiger partial charge in [-0.25, -0.2) is 11.8 Å². The Morgan fingerprint density at radius 2 is 2.00 bits per heavy atom. The molecule has 0 heterocycles. The molecule has 0 aromatic heterocycles. The predicted molar refractivity (Wildman–Crippen MR) is 49.4 cm³/mol. The van der Waals surface area contributed by atoms with E-state index in [-0.39, 0.29) is 21.1 Å². The molecule has 0 aliphatic heterocycles. The molecular formula is C10H13NW. The zero-order chi connectivity index (χ0) is 8.53. The molecule has 0 fully saturated rings. The molecular weight excluding hydrogens is 318 g/mol. The summed E-state index contributed by atoms with van der Waals surface area (Å²) in [5.74, 6) is 0. The Balaban J connectivity index is 0. The minimum atomic E-state index is 0. The van der Waals surface area contributed by atoms with Crippen LogP contribution in [0.4, 0.5) is 5.69 Å². The molecule has 0 aliphatic rings. The van der Waals surface area contributed by atoms with Crippen LogP contribution in [0, 0.1) is 6.07 Å². The second kappa shape index (κ2) is 10.6. The summed E-state index contributed by atoms with van der Waals surface area (Å²) in [6, 6.07) is 10.5. The monoisotopic (exact) mass is 331 g/mol. The molecule has 0 radical (unpaired) electrons. The fourth-order valence-electron chi connectivity index (χ4n) is 0.574. The Morgan fingerprint density at radius 1 is 1.33 bits per heavy atom.